The van der Waals surface area contributed by atoms with Crippen LogP contribution in [-0.2, 0) is 26.2 Å². The Morgan fingerprint density at radius 2 is 1.02 bits per heavy atom. The molecule has 56 heavy (non-hydrogen) atoms. The molecule has 14 nitrogen and oxygen atoms in total. The summed E-state index contributed by atoms with van der Waals surface area (Å²) >= 11 is 5.94. The summed E-state index contributed by atoms with van der Waals surface area (Å²) in [6.45, 7) is 7.23. The van der Waals surface area contributed by atoms with Gasteiger partial charge in [-0.3, -0.25) is 9.97 Å². The summed E-state index contributed by atoms with van der Waals surface area (Å²) in [7, 11) is 4.20. The van der Waals surface area contributed by atoms with E-state index in [1.807, 2.05) is 45.8 Å². The van der Waals surface area contributed by atoms with Crippen LogP contribution in [0.4, 0.5) is 0 Å². The normalized spacial score (nSPS) is 11.4. The molecule has 284 valence electrons. The summed E-state index contributed by atoms with van der Waals surface area (Å²) in [6, 6.07) is 19.9. The van der Waals surface area contributed by atoms with Crippen molar-refractivity contribution in [3.05, 3.63) is 132 Å². The number of nitrogens with zero attached hydrogens (tertiary/aromatic N) is 12. The molecule has 0 spiro atoms. The van der Waals surface area contributed by atoms with Gasteiger partial charge in [0.05, 0.1) is 23.4 Å². The number of rotatable bonds is 12. The van der Waals surface area contributed by atoms with Gasteiger partial charge in [0.2, 0.25) is 11.8 Å². The molecule has 0 radical (unpaired) electrons. The van der Waals surface area contributed by atoms with Gasteiger partial charge in [-0.25, -0.2) is 29.9 Å². The molecule has 8 rings (SSSR count). The summed E-state index contributed by atoms with van der Waals surface area (Å²) in [5, 5.41) is 21.7. The molecule has 0 fully saturated rings. The average Bonchev–Trinajstić information content (AvgIpc) is 3.89. The number of benzene rings is 2. The number of fused-ring (bicyclic) bond motifs is 2. The number of hydrogen-bond acceptors (Lipinski definition) is 12. The topological polar surface area (TPSA) is 160 Å². The van der Waals surface area contributed by atoms with Crippen LogP contribution >= 0.6 is 11.6 Å². The lowest BCUT2D eigenvalue weighted by molar-refractivity contribution is 0.311. The number of likely N-dealkylation sites (N-methyl/N-ethyl adjacent to an activating group) is 2. The van der Waals surface area contributed by atoms with E-state index in [4.69, 9.17) is 11.6 Å². The third kappa shape index (κ3) is 9.29. The molecule has 6 aromatic heterocycles. The number of aryl methyl sites for hydroxylation is 1. The molecule has 0 amide bonds. The molecule has 15 heteroatoms. The van der Waals surface area contributed by atoms with Gasteiger partial charge in [-0.2, -0.15) is 0 Å². The van der Waals surface area contributed by atoms with Crippen LogP contribution in [0.3, 0.4) is 0 Å². The quantitative estimate of drug-likeness (QED) is 0.141. The van der Waals surface area contributed by atoms with Gasteiger partial charge < -0.3 is 29.1 Å². The molecule has 0 unspecified atom stereocenters. The van der Waals surface area contributed by atoms with E-state index in [1.54, 1.807) is 37.2 Å². The van der Waals surface area contributed by atoms with Crippen LogP contribution in [0, 0.1) is 6.92 Å². The highest BCUT2D eigenvalue weighted by Crippen LogP contribution is 2.28. The van der Waals surface area contributed by atoms with E-state index in [0.29, 0.717) is 38.9 Å². The van der Waals surface area contributed by atoms with E-state index < -0.39 is 0 Å². The molecule has 2 N–H and O–H groups in total. The Morgan fingerprint density at radius 1 is 0.571 bits per heavy atom. The summed E-state index contributed by atoms with van der Waals surface area (Å²) in [5.41, 5.74) is 7.69. The van der Waals surface area contributed by atoms with Gasteiger partial charge in [0, 0.05) is 69.1 Å². The molecule has 0 atom stereocenters. The van der Waals surface area contributed by atoms with Crippen molar-refractivity contribution >= 4 is 33.4 Å². The lowest BCUT2D eigenvalue weighted by Crippen LogP contribution is -2.22. The van der Waals surface area contributed by atoms with Crippen molar-refractivity contribution in [1.29, 1.82) is 0 Å². The van der Waals surface area contributed by atoms with Crippen LogP contribution in [0.15, 0.2) is 111 Å². The van der Waals surface area contributed by atoms with Crippen molar-refractivity contribution in [2.45, 2.75) is 33.1 Å². The number of hydrogen-bond donors (Lipinski definition) is 2. The molecule has 0 aliphatic heterocycles. The molecule has 2 aromatic carbocycles. The maximum absolute atomic E-state index is 9.92. The molecular formula is C41H41ClN12O2. The van der Waals surface area contributed by atoms with Gasteiger partial charge in [0.15, 0.2) is 0 Å². The van der Waals surface area contributed by atoms with Gasteiger partial charge in [-0.1, -0.05) is 53.6 Å². The zero-order valence-corrected chi connectivity index (χ0v) is 32.0. The fraction of sp³-hybridized carbons (Fsp3) is 0.220. The molecular weight excluding hydrogens is 728 g/mol. The van der Waals surface area contributed by atoms with Crippen LogP contribution in [0.25, 0.3) is 44.6 Å². The van der Waals surface area contributed by atoms with E-state index in [-0.39, 0.29) is 11.8 Å². The van der Waals surface area contributed by atoms with Crippen LogP contribution < -0.4 is 0 Å². The zero-order valence-electron chi connectivity index (χ0n) is 31.3. The van der Waals surface area contributed by atoms with Crippen molar-refractivity contribution < 1.29 is 10.2 Å². The highest BCUT2D eigenvalue weighted by Gasteiger charge is 2.14. The van der Waals surface area contributed by atoms with Crippen molar-refractivity contribution in [1.82, 2.24) is 58.8 Å². The minimum Gasteiger partial charge on any atom is -0.493 e. The Labute approximate surface area is 328 Å². The molecule has 0 bridgehead atoms. The second-order valence-electron chi connectivity index (χ2n) is 13.6. The number of pyridine rings is 2. The molecule has 0 aliphatic rings. The fourth-order valence-corrected chi connectivity index (χ4v) is 6.30. The van der Waals surface area contributed by atoms with Crippen molar-refractivity contribution in [2.24, 2.45) is 0 Å². The minimum atomic E-state index is -0.0584. The maximum atomic E-state index is 9.92. The smallest absolute Gasteiger partial charge is 0.222 e. The van der Waals surface area contributed by atoms with Gasteiger partial charge in [0.1, 0.15) is 46.5 Å². The lowest BCUT2D eigenvalue weighted by Gasteiger charge is -2.17. The van der Waals surface area contributed by atoms with Crippen LogP contribution in [0.5, 0.6) is 11.8 Å². The predicted molar refractivity (Wildman–Crippen MR) is 216 cm³/mol. The van der Waals surface area contributed by atoms with Gasteiger partial charge in [0.25, 0.3) is 0 Å². The second-order valence-corrected chi connectivity index (χ2v) is 14.0. The predicted octanol–water partition coefficient (Wildman–Crippen LogP) is 6.41. The monoisotopic (exact) mass is 768 g/mol. The molecule has 0 aliphatic carbocycles. The minimum absolute atomic E-state index is 0.0502. The number of imidazole rings is 2. The van der Waals surface area contributed by atoms with Crippen LogP contribution in [0.2, 0.25) is 5.02 Å². The molecule has 6 heterocycles. The summed E-state index contributed by atoms with van der Waals surface area (Å²) in [4.78, 5) is 38.4. The molecule has 0 saturated carbocycles. The first-order valence-corrected chi connectivity index (χ1v) is 18.4. The standard InChI is InChI=1S/C21H22N6O.C20H19ClN6O/c1-15-3-5-16(6-4-15)11-26(2)9-10-27-12-18(25-14-27)20-19-17(7-8-22-20)21(28)24-13-23-19;1-26(10-14-2-4-15(21)5-3-14)8-9-27-11-17(25-13-27)19-18-16(6-7-22-19)20(28)24-12-23-18/h3-8,12-14H,9-11H2,1-2H3,(H,23,24,28);2-7,11-13H,8-10H2,1H3,(H,23,24,28). The first-order valence-electron chi connectivity index (χ1n) is 18.0. The second kappa shape index (κ2) is 17.4. The number of aromatic nitrogens is 10. The Kier molecular flexibility index (Phi) is 11.8. The van der Waals surface area contributed by atoms with Gasteiger partial charge >= 0.3 is 0 Å². The van der Waals surface area contributed by atoms with E-state index in [9.17, 15) is 10.2 Å². The molecule has 0 saturated heterocycles. The van der Waals surface area contributed by atoms with Gasteiger partial charge in [-0.15, -0.1) is 0 Å². The first-order chi connectivity index (χ1) is 27.2. The molecule has 8 aromatic rings. The number of halogens is 1. The first kappa shape index (κ1) is 37.9. The highest BCUT2D eigenvalue weighted by atomic mass is 35.5. The van der Waals surface area contributed by atoms with E-state index in [0.717, 1.165) is 50.0 Å². The van der Waals surface area contributed by atoms with Gasteiger partial charge in [-0.05, 0) is 56.4 Å². The van der Waals surface area contributed by atoms with Crippen molar-refractivity contribution in [2.75, 3.05) is 27.2 Å². The van der Waals surface area contributed by atoms with E-state index >= 15 is 0 Å². The Hall–Kier alpha value is -6.35. The Balaban J connectivity index is 0.000000172. The Bertz CT molecular complexity index is 2360. The van der Waals surface area contributed by atoms with E-state index in [2.05, 4.69) is 95.0 Å². The van der Waals surface area contributed by atoms with Crippen LogP contribution in [-0.4, -0.2) is 96.2 Å². The van der Waals surface area contributed by atoms with Crippen molar-refractivity contribution in [3.63, 3.8) is 0 Å². The summed E-state index contributed by atoms with van der Waals surface area (Å²) < 4.78 is 4.07. The Morgan fingerprint density at radius 3 is 1.48 bits per heavy atom. The SMILES string of the molecule is CN(CCn1cnc(-c2nccc3c(O)ncnc23)c1)Cc1ccc(Cl)cc1.Cc1ccc(CN(C)CCn2cnc(-c3nccc4c(O)ncnc34)c2)cc1. The van der Waals surface area contributed by atoms with Crippen LogP contribution in [0.1, 0.15) is 16.7 Å². The summed E-state index contributed by atoms with van der Waals surface area (Å²) in [5.74, 6) is -0.109. The largest absolute Gasteiger partial charge is 0.493 e. The lowest BCUT2D eigenvalue weighted by atomic mass is 10.1. The average molecular weight is 769 g/mol. The maximum Gasteiger partial charge on any atom is 0.222 e. The zero-order chi connectivity index (χ0) is 39.0. The van der Waals surface area contributed by atoms with E-state index in [1.165, 1.54) is 29.3 Å². The third-order valence-electron chi connectivity index (χ3n) is 9.23. The summed E-state index contributed by atoms with van der Waals surface area (Å²) in [6.07, 6.45) is 13.4. The van der Waals surface area contributed by atoms with Crippen molar-refractivity contribution in [3.8, 4) is 34.5 Å². The highest BCUT2D eigenvalue weighted by molar-refractivity contribution is 6.30. The fourth-order valence-electron chi connectivity index (χ4n) is 6.17. The third-order valence-corrected chi connectivity index (χ3v) is 9.49. The number of aromatic hydroxyl groups is 2.